The van der Waals surface area contributed by atoms with E-state index >= 15 is 0 Å². The van der Waals surface area contributed by atoms with Gasteiger partial charge >= 0.3 is 5.97 Å². The molecule has 1 aliphatic rings. The summed E-state index contributed by atoms with van der Waals surface area (Å²) >= 11 is 4.50. The van der Waals surface area contributed by atoms with Gasteiger partial charge in [0.15, 0.2) is 10.6 Å². The van der Waals surface area contributed by atoms with Crippen molar-refractivity contribution in [2.45, 2.75) is 39.2 Å². The minimum Gasteiger partial charge on any atom is -0.486 e. The van der Waals surface area contributed by atoms with Crippen molar-refractivity contribution in [1.82, 2.24) is 4.90 Å². The van der Waals surface area contributed by atoms with E-state index in [9.17, 15) is 9.90 Å². The summed E-state index contributed by atoms with van der Waals surface area (Å²) in [5.74, 6) is -0.581. The van der Waals surface area contributed by atoms with Crippen LogP contribution in [0, 0.1) is 0 Å². The molecule has 0 bridgehead atoms. The van der Waals surface area contributed by atoms with Crippen LogP contribution in [0.4, 0.5) is 0 Å². The Morgan fingerprint density at radius 1 is 1.27 bits per heavy atom. The van der Waals surface area contributed by atoms with Crippen LogP contribution in [0.5, 0.6) is 5.75 Å². The summed E-state index contributed by atoms with van der Waals surface area (Å²) < 4.78 is 12.2. The van der Waals surface area contributed by atoms with Crippen molar-refractivity contribution in [2.24, 2.45) is 0 Å². The predicted octanol–water partition coefficient (Wildman–Crippen LogP) is 4.40. The van der Waals surface area contributed by atoms with Gasteiger partial charge in [0.2, 0.25) is 0 Å². The lowest BCUT2D eigenvalue weighted by Crippen LogP contribution is -2.44. The number of thiophene rings is 1. The van der Waals surface area contributed by atoms with Crippen LogP contribution in [0.25, 0.3) is 0 Å². The zero-order valence-electron chi connectivity index (χ0n) is 14.8. The standard InChI is InChI=1S/C19H22BrNO4S/c1-12-7-21(8-13(2)25-12)9-14-3-5-15(6-4-14)10-24-17-16(20)11-26-18(17)19(22)23/h3-6,11-13H,7-10H2,1-2H3,(H,22,23)/t12-,13+. The van der Waals surface area contributed by atoms with Gasteiger partial charge in [-0.25, -0.2) is 4.79 Å². The summed E-state index contributed by atoms with van der Waals surface area (Å²) in [4.78, 5) is 13.8. The van der Waals surface area contributed by atoms with E-state index in [2.05, 4.69) is 46.8 Å². The van der Waals surface area contributed by atoms with Gasteiger partial charge in [0.25, 0.3) is 0 Å². The van der Waals surface area contributed by atoms with Gasteiger partial charge in [-0.1, -0.05) is 24.3 Å². The molecule has 1 saturated heterocycles. The summed E-state index contributed by atoms with van der Waals surface area (Å²) in [6.45, 7) is 7.34. The minimum absolute atomic E-state index is 0.212. The predicted molar refractivity (Wildman–Crippen MR) is 105 cm³/mol. The molecule has 1 aliphatic heterocycles. The van der Waals surface area contributed by atoms with E-state index in [0.29, 0.717) is 16.8 Å². The van der Waals surface area contributed by atoms with Gasteiger partial charge in [-0.2, -0.15) is 0 Å². The number of hydrogen-bond acceptors (Lipinski definition) is 5. The number of aromatic carboxylic acids is 1. The molecule has 0 aliphatic carbocycles. The fourth-order valence-corrected chi connectivity index (χ4v) is 4.61. The highest BCUT2D eigenvalue weighted by atomic mass is 79.9. The molecule has 1 N–H and O–H groups in total. The summed E-state index contributed by atoms with van der Waals surface area (Å²) in [5.41, 5.74) is 2.25. The van der Waals surface area contributed by atoms with Crippen LogP contribution >= 0.6 is 27.3 Å². The third-order valence-corrected chi connectivity index (χ3v) is 6.05. The number of carbonyl (C=O) groups is 1. The fraction of sp³-hybridized carbons (Fsp3) is 0.421. The first-order valence-corrected chi connectivity index (χ1v) is 10.2. The second-order valence-electron chi connectivity index (χ2n) is 6.60. The number of rotatable bonds is 6. The van der Waals surface area contributed by atoms with Crippen molar-refractivity contribution >= 4 is 33.2 Å². The Bertz CT molecular complexity index is 751. The molecule has 2 atom stereocenters. The molecular weight excluding hydrogens is 418 g/mol. The Morgan fingerprint density at radius 2 is 1.88 bits per heavy atom. The maximum Gasteiger partial charge on any atom is 0.349 e. The second kappa shape index (κ2) is 8.52. The van der Waals surface area contributed by atoms with Crippen LogP contribution in [0.1, 0.15) is 34.6 Å². The highest BCUT2D eigenvalue weighted by molar-refractivity contribution is 9.10. The number of carboxylic acids is 1. The Labute approximate surface area is 165 Å². The molecule has 1 aromatic heterocycles. The Morgan fingerprint density at radius 3 is 2.50 bits per heavy atom. The molecule has 0 saturated carbocycles. The first-order valence-electron chi connectivity index (χ1n) is 8.51. The molecule has 7 heteroatoms. The maximum absolute atomic E-state index is 11.2. The molecule has 2 heterocycles. The van der Waals surface area contributed by atoms with Crippen molar-refractivity contribution in [2.75, 3.05) is 13.1 Å². The smallest absolute Gasteiger partial charge is 0.349 e. The van der Waals surface area contributed by atoms with E-state index in [1.165, 1.54) is 5.56 Å². The van der Waals surface area contributed by atoms with E-state index in [1.54, 1.807) is 5.38 Å². The van der Waals surface area contributed by atoms with Crippen molar-refractivity contribution in [3.05, 3.63) is 50.1 Å². The van der Waals surface area contributed by atoms with Gasteiger partial charge in [-0.05, 0) is 40.9 Å². The molecule has 26 heavy (non-hydrogen) atoms. The molecular formula is C19H22BrNO4S. The quantitative estimate of drug-likeness (QED) is 0.722. The molecule has 0 unspecified atom stereocenters. The van der Waals surface area contributed by atoms with Gasteiger partial charge in [-0.3, -0.25) is 4.90 Å². The lowest BCUT2D eigenvalue weighted by molar-refractivity contribution is -0.0704. The number of ether oxygens (including phenoxy) is 2. The Kier molecular flexibility index (Phi) is 6.34. The molecule has 0 radical (unpaired) electrons. The van der Waals surface area contributed by atoms with Crippen LogP contribution in [-0.2, 0) is 17.9 Å². The average molecular weight is 440 g/mol. The van der Waals surface area contributed by atoms with Gasteiger partial charge in [0, 0.05) is 25.0 Å². The average Bonchev–Trinajstić information content (AvgIpc) is 2.94. The lowest BCUT2D eigenvalue weighted by atomic mass is 10.1. The monoisotopic (exact) mass is 439 g/mol. The van der Waals surface area contributed by atoms with Gasteiger partial charge in [0.1, 0.15) is 6.61 Å². The fourth-order valence-electron chi connectivity index (χ4n) is 3.18. The highest BCUT2D eigenvalue weighted by Crippen LogP contribution is 2.35. The third kappa shape index (κ3) is 4.85. The second-order valence-corrected chi connectivity index (χ2v) is 8.34. The number of halogens is 1. The molecule has 0 amide bonds. The molecule has 1 aromatic carbocycles. The summed E-state index contributed by atoms with van der Waals surface area (Å²) in [7, 11) is 0. The zero-order valence-corrected chi connectivity index (χ0v) is 17.2. The minimum atomic E-state index is -0.972. The molecule has 3 rings (SSSR count). The first kappa shape index (κ1) is 19.4. The Hall–Kier alpha value is -1.41. The normalized spacial score (nSPS) is 20.9. The topological polar surface area (TPSA) is 59.0 Å². The molecule has 0 spiro atoms. The number of morpholine rings is 1. The lowest BCUT2D eigenvalue weighted by Gasteiger charge is -2.35. The number of nitrogens with zero attached hydrogens (tertiary/aromatic N) is 1. The van der Waals surface area contributed by atoms with Crippen LogP contribution in [0.15, 0.2) is 34.1 Å². The van der Waals surface area contributed by atoms with Gasteiger partial charge in [-0.15, -0.1) is 11.3 Å². The van der Waals surface area contributed by atoms with E-state index in [0.717, 1.165) is 36.5 Å². The molecule has 5 nitrogen and oxygen atoms in total. The van der Waals surface area contributed by atoms with E-state index in [4.69, 9.17) is 9.47 Å². The summed E-state index contributed by atoms with van der Waals surface area (Å²) in [6, 6.07) is 8.27. The number of carboxylic acid groups (broad SMARTS) is 1. The maximum atomic E-state index is 11.2. The van der Waals surface area contributed by atoms with E-state index in [-0.39, 0.29) is 17.1 Å². The zero-order chi connectivity index (χ0) is 18.7. The van der Waals surface area contributed by atoms with Crippen LogP contribution < -0.4 is 4.74 Å². The van der Waals surface area contributed by atoms with Gasteiger partial charge < -0.3 is 14.6 Å². The van der Waals surface area contributed by atoms with Crippen molar-refractivity contribution < 1.29 is 19.4 Å². The SMILES string of the molecule is C[C@@H]1CN(Cc2ccc(COc3c(Br)csc3C(=O)O)cc2)C[C@H](C)O1. The Balaban J connectivity index is 1.58. The van der Waals surface area contributed by atoms with Crippen molar-refractivity contribution in [3.8, 4) is 5.75 Å². The third-order valence-electron chi connectivity index (χ3n) is 4.21. The molecule has 2 aromatic rings. The van der Waals surface area contributed by atoms with Crippen LogP contribution in [-0.4, -0.2) is 41.3 Å². The van der Waals surface area contributed by atoms with Crippen LogP contribution in [0.3, 0.4) is 0 Å². The van der Waals surface area contributed by atoms with Crippen molar-refractivity contribution in [3.63, 3.8) is 0 Å². The van der Waals surface area contributed by atoms with Crippen molar-refractivity contribution in [1.29, 1.82) is 0 Å². The molecule has 1 fully saturated rings. The first-order chi connectivity index (χ1) is 12.4. The highest BCUT2D eigenvalue weighted by Gasteiger charge is 2.22. The van der Waals surface area contributed by atoms with Crippen LogP contribution in [0.2, 0.25) is 0 Å². The van der Waals surface area contributed by atoms with E-state index < -0.39 is 5.97 Å². The summed E-state index contributed by atoms with van der Waals surface area (Å²) in [5, 5.41) is 10.9. The summed E-state index contributed by atoms with van der Waals surface area (Å²) in [6.07, 6.45) is 0.526. The van der Waals surface area contributed by atoms with E-state index in [1.807, 2.05) is 12.1 Å². The molecule has 140 valence electrons. The number of hydrogen-bond donors (Lipinski definition) is 1. The largest absolute Gasteiger partial charge is 0.486 e. The van der Waals surface area contributed by atoms with Gasteiger partial charge in [0.05, 0.1) is 16.7 Å². The number of benzene rings is 1.